The molecule has 0 saturated heterocycles. The summed E-state index contributed by atoms with van der Waals surface area (Å²) in [5.74, 6) is -0.104. The quantitative estimate of drug-likeness (QED) is 0.581. The van der Waals surface area contributed by atoms with Crippen molar-refractivity contribution in [1.82, 2.24) is 0 Å². The Balaban J connectivity index is 2.07. The molecule has 1 aliphatic rings. The van der Waals surface area contributed by atoms with Gasteiger partial charge in [0.15, 0.2) is 5.71 Å². The van der Waals surface area contributed by atoms with Crippen molar-refractivity contribution in [2.24, 2.45) is 0 Å². The van der Waals surface area contributed by atoms with Crippen molar-refractivity contribution in [2.75, 3.05) is 11.4 Å². The van der Waals surface area contributed by atoms with Crippen LogP contribution in [0.5, 0.6) is 0 Å². The van der Waals surface area contributed by atoms with E-state index in [0.29, 0.717) is 6.54 Å². The average Bonchev–Trinajstić information content (AvgIpc) is 2.88. The van der Waals surface area contributed by atoms with Crippen LogP contribution in [0.25, 0.3) is 0 Å². The molecular formula is C22H26N2O4P+. The predicted molar refractivity (Wildman–Crippen MR) is 115 cm³/mol. The molecule has 1 heterocycles. The summed E-state index contributed by atoms with van der Waals surface area (Å²) in [6.45, 7) is 8.27. The second-order valence-corrected chi connectivity index (χ2v) is 9.14. The molecule has 0 saturated carbocycles. The van der Waals surface area contributed by atoms with Crippen LogP contribution in [0.1, 0.15) is 33.3 Å². The molecular weight excluding hydrogens is 387 g/mol. The molecule has 0 atom stereocenters. The van der Waals surface area contributed by atoms with E-state index in [1.807, 2.05) is 57.2 Å². The third kappa shape index (κ3) is 3.97. The first kappa shape index (κ1) is 21.2. The van der Waals surface area contributed by atoms with Crippen molar-refractivity contribution in [3.63, 3.8) is 0 Å². The maximum Gasteiger partial charge on any atom is 0.356 e. The third-order valence-corrected chi connectivity index (χ3v) is 6.23. The molecule has 1 aliphatic heterocycles. The summed E-state index contributed by atoms with van der Waals surface area (Å²) in [4.78, 5) is 32.9. The van der Waals surface area contributed by atoms with E-state index in [9.17, 15) is 19.1 Å². The average molecular weight is 413 g/mol. The monoisotopic (exact) mass is 413 g/mol. The minimum absolute atomic E-state index is 0.0141. The normalized spacial score (nSPS) is 15.7. The fourth-order valence-electron chi connectivity index (χ4n) is 3.79. The van der Waals surface area contributed by atoms with Crippen LogP contribution in [-0.4, -0.2) is 32.5 Å². The smallest absolute Gasteiger partial charge is 0.321 e. The van der Waals surface area contributed by atoms with Crippen LogP contribution in [0, 0.1) is 0 Å². The van der Waals surface area contributed by atoms with Gasteiger partial charge in [-0.05, 0) is 45.0 Å². The van der Waals surface area contributed by atoms with E-state index in [0.717, 1.165) is 22.6 Å². The molecule has 0 aliphatic carbocycles. The second kappa shape index (κ2) is 7.71. The molecule has 3 rings (SSSR count). The highest BCUT2D eigenvalue weighted by atomic mass is 31.2. The van der Waals surface area contributed by atoms with E-state index in [1.54, 1.807) is 23.2 Å². The van der Waals surface area contributed by atoms with Gasteiger partial charge in [-0.25, -0.2) is 0 Å². The van der Waals surface area contributed by atoms with Crippen LogP contribution < -0.4 is 10.2 Å². The van der Waals surface area contributed by atoms with E-state index in [2.05, 4.69) is 4.58 Å². The summed E-state index contributed by atoms with van der Waals surface area (Å²) in [6.07, 6.45) is 3.67. The summed E-state index contributed by atoms with van der Waals surface area (Å²) in [7, 11) is -4.34. The van der Waals surface area contributed by atoms with E-state index < -0.39 is 13.0 Å². The number of rotatable bonds is 5. The van der Waals surface area contributed by atoms with Gasteiger partial charge in [0, 0.05) is 36.5 Å². The summed E-state index contributed by atoms with van der Waals surface area (Å²) in [5, 5.41) is 0.0141. The SMILES string of the molecule is CC[N+]1=C(/C=C/N(C(C)=O)c2ccccc2)C(C)(C)c2cc(P(=O)(O)O)ccc21. The highest BCUT2D eigenvalue weighted by Crippen LogP contribution is 2.42. The van der Waals surface area contributed by atoms with Gasteiger partial charge in [0.05, 0.1) is 10.7 Å². The van der Waals surface area contributed by atoms with Gasteiger partial charge >= 0.3 is 7.60 Å². The Hall–Kier alpha value is -2.53. The first-order valence-electron chi connectivity index (χ1n) is 9.46. The van der Waals surface area contributed by atoms with Gasteiger partial charge in [0.1, 0.15) is 6.54 Å². The van der Waals surface area contributed by atoms with Crippen LogP contribution in [0.3, 0.4) is 0 Å². The van der Waals surface area contributed by atoms with Crippen LogP contribution in [-0.2, 0) is 14.8 Å². The number of para-hydroxylation sites is 1. The fourth-order valence-corrected chi connectivity index (χ4v) is 4.36. The molecule has 0 bridgehead atoms. The van der Waals surface area contributed by atoms with Gasteiger partial charge in [0.25, 0.3) is 0 Å². The number of hydrogen-bond acceptors (Lipinski definition) is 2. The standard InChI is InChI=1S/C22H25N2O4P/c1-5-23-20-12-11-18(29(26,27)28)15-19(20)22(3,4)21(23)13-14-24(16(2)25)17-9-7-6-8-10-17/h6-15H,5H2,1-4H3,(H-,26,27,28)/p+1. The van der Waals surface area contributed by atoms with Crippen LogP contribution >= 0.6 is 7.60 Å². The minimum Gasteiger partial charge on any atom is -0.321 e. The van der Waals surface area contributed by atoms with Gasteiger partial charge < -0.3 is 9.79 Å². The minimum atomic E-state index is -4.34. The maximum absolute atomic E-state index is 12.2. The Morgan fingerprint density at radius 2 is 1.83 bits per heavy atom. The van der Waals surface area contributed by atoms with Crippen LogP contribution in [0.4, 0.5) is 11.4 Å². The van der Waals surface area contributed by atoms with E-state index in [-0.39, 0.29) is 11.2 Å². The Morgan fingerprint density at radius 1 is 1.17 bits per heavy atom. The zero-order valence-corrected chi connectivity index (χ0v) is 17.9. The van der Waals surface area contributed by atoms with E-state index in [1.165, 1.54) is 13.0 Å². The molecule has 0 fully saturated rings. The first-order chi connectivity index (χ1) is 13.6. The molecule has 6 nitrogen and oxygen atoms in total. The van der Waals surface area contributed by atoms with Crippen molar-refractivity contribution in [1.29, 1.82) is 0 Å². The van der Waals surface area contributed by atoms with Gasteiger partial charge in [-0.3, -0.25) is 14.3 Å². The number of hydrogen-bond donors (Lipinski definition) is 2. The Morgan fingerprint density at radius 3 is 2.38 bits per heavy atom. The summed E-state index contributed by atoms with van der Waals surface area (Å²) >= 11 is 0. The zero-order chi connectivity index (χ0) is 21.4. The molecule has 7 heteroatoms. The molecule has 0 radical (unpaired) electrons. The highest BCUT2D eigenvalue weighted by molar-refractivity contribution is 7.60. The van der Waals surface area contributed by atoms with E-state index >= 15 is 0 Å². The van der Waals surface area contributed by atoms with Gasteiger partial charge in [-0.2, -0.15) is 4.58 Å². The van der Waals surface area contributed by atoms with Crippen molar-refractivity contribution >= 4 is 35.9 Å². The number of allylic oxidation sites excluding steroid dienone is 1. The zero-order valence-electron chi connectivity index (χ0n) is 17.0. The van der Waals surface area contributed by atoms with E-state index in [4.69, 9.17) is 0 Å². The van der Waals surface area contributed by atoms with Crippen molar-refractivity contribution < 1.29 is 23.7 Å². The number of anilines is 1. The lowest BCUT2D eigenvalue weighted by Gasteiger charge is -2.19. The highest BCUT2D eigenvalue weighted by Gasteiger charge is 2.44. The maximum atomic E-state index is 12.2. The van der Waals surface area contributed by atoms with Gasteiger partial charge in [0.2, 0.25) is 11.6 Å². The lowest BCUT2D eigenvalue weighted by Crippen LogP contribution is -2.29. The number of amides is 1. The topological polar surface area (TPSA) is 80.9 Å². The Labute approximate surface area is 171 Å². The second-order valence-electron chi connectivity index (χ2n) is 7.54. The van der Waals surface area contributed by atoms with Crippen LogP contribution in [0.2, 0.25) is 0 Å². The number of benzene rings is 2. The van der Waals surface area contributed by atoms with Gasteiger partial charge in [-0.1, -0.05) is 18.2 Å². The molecule has 0 spiro atoms. The predicted octanol–water partition coefficient (Wildman–Crippen LogP) is 3.45. The Bertz CT molecular complexity index is 1050. The third-order valence-electron chi connectivity index (χ3n) is 5.28. The number of nitrogens with zero attached hydrogens (tertiary/aromatic N) is 2. The molecule has 0 unspecified atom stereocenters. The van der Waals surface area contributed by atoms with Crippen molar-refractivity contribution in [3.8, 4) is 0 Å². The Kier molecular flexibility index (Phi) is 5.63. The molecule has 2 N–H and O–H groups in total. The molecule has 29 heavy (non-hydrogen) atoms. The molecule has 1 amide bonds. The van der Waals surface area contributed by atoms with Gasteiger partial charge in [-0.15, -0.1) is 0 Å². The molecule has 2 aromatic carbocycles. The fraction of sp³-hybridized carbons (Fsp3) is 0.273. The van der Waals surface area contributed by atoms with Crippen molar-refractivity contribution in [3.05, 3.63) is 66.4 Å². The number of carbonyl (C=O) groups excluding carboxylic acids is 1. The summed E-state index contributed by atoms with van der Waals surface area (Å²) < 4.78 is 13.8. The van der Waals surface area contributed by atoms with Crippen molar-refractivity contribution in [2.45, 2.75) is 33.1 Å². The largest absolute Gasteiger partial charge is 0.356 e. The number of carbonyl (C=O) groups is 1. The summed E-state index contributed by atoms with van der Waals surface area (Å²) in [6, 6.07) is 14.2. The molecule has 2 aromatic rings. The first-order valence-corrected chi connectivity index (χ1v) is 11.1. The van der Waals surface area contributed by atoms with Crippen LogP contribution in [0.15, 0.2) is 60.8 Å². The summed E-state index contributed by atoms with van der Waals surface area (Å²) in [5.41, 5.74) is 3.03. The number of fused-ring (bicyclic) bond motifs is 1. The molecule has 152 valence electrons. The lowest BCUT2D eigenvalue weighted by atomic mass is 9.81. The lowest BCUT2D eigenvalue weighted by molar-refractivity contribution is -0.433. The molecule has 0 aromatic heterocycles.